The van der Waals surface area contributed by atoms with Crippen molar-refractivity contribution in [3.63, 3.8) is 0 Å². The third-order valence-electron chi connectivity index (χ3n) is 5.80. The number of halogens is 2. The van der Waals surface area contributed by atoms with Gasteiger partial charge in [0.15, 0.2) is 0 Å². The monoisotopic (exact) mass is 417 g/mol. The lowest BCUT2D eigenvalue weighted by Crippen LogP contribution is -2.55. The molecule has 1 amide bonds. The average molecular weight is 418 g/mol. The largest absolute Gasteiger partial charge is 0.497 e. The zero-order valence-corrected chi connectivity index (χ0v) is 17.9. The first kappa shape index (κ1) is 23.9. The van der Waals surface area contributed by atoms with Gasteiger partial charge < -0.3 is 20.7 Å². The van der Waals surface area contributed by atoms with Crippen LogP contribution in [0.1, 0.15) is 45.4 Å². The molecule has 0 bridgehead atoms. The minimum atomic E-state index is -0.342. The number of anilines is 1. The van der Waals surface area contributed by atoms with Crippen LogP contribution in [0.5, 0.6) is 5.75 Å². The van der Waals surface area contributed by atoms with Crippen molar-refractivity contribution in [2.75, 3.05) is 25.5 Å². The second kappa shape index (κ2) is 10.4. The van der Waals surface area contributed by atoms with Gasteiger partial charge in [-0.3, -0.25) is 4.79 Å². The van der Waals surface area contributed by atoms with Crippen LogP contribution in [-0.2, 0) is 4.79 Å². The fourth-order valence-electron chi connectivity index (χ4n) is 4.18. The number of hydrogen-bond acceptors (Lipinski definition) is 4. The van der Waals surface area contributed by atoms with Gasteiger partial charge in [0.05, 0.1) is 13.0 Å². The molecule has 154 valence electrons. The Kier molecular flexibility index (Phi) is 9.19. The van der Waals surface area contributed by atoms with E-state index in [9.17, 15) is 4.79 Å². The molecule has 3 N–H and O–H groups in total. The van der Waals surface area contributed by atoms with E-state index in [1.807, 2.05) is 30.0 Å². The fraction of sp³-hybridized carbons (Fsp3) is 0.650. The number of rotatable bonds is 4. The highest BCUT2D eigenvalue weighted by Gasteiger charge is 2.40. The number of nitrogens with one attached hydrogen (secondary N) is 1. The lowest BCUT2D eigenvalue weighted by molar-refractivity contribution is -0.139. The zero-order valence-electron chi connectivity index (χ0n) is 16.3. The maximum atomic E-state index is 12.9. The Morgan fingerprint density at radius 1 is 1.22 bits per heavy atom. The smallest absolute Gasteiger partial charge is 0.227 e. The topological polar surface area (TPSA) is 67.6 Å². The zero-order chi connectivity index (χ0) is 17.9. The number of amides is 1. The molecule has 27 heavy (non-hydrogen) atoms. The lowest BCUT2D eigenvalue weighted by atomic mass is 9.74. The van der Waals surface area contributed by atoms with Gasteiger partial charge in [0, 0.05) is 36.4 Å². The summed E-state index contributed by atoms with van der Waals surface area (Å²) in [5, 5.41) is 3.57. The van der Waals surface area contributed by atoms with Crippen LogP contribution in [0.3, 0.4) is 0 Å². The van der Waals surface area contributed by atoms with Gasteiger partial charge in [-0.1, -0.05) is 18.9 Å². The van der Waals surface area contributed by atoms with Crippen LogP contribution in [0.4, 0.5) is 5.69 Å². The van der Waals surface area contributed by atoms with E-state index < -0.39 is 0 Å². The Labute approximate surface area is 175 Å². The van der Waals surface area contributed by atoms with E-state index in [1.54, 1.807) is 7.11 Å². The molecule has 7 heteroatoms. The van der Waals surface area contributed by atoms with E-state index in [0.717, 1.165) is 63.1 Å². The standard InChI is InChI=1S/C20H31N3O2.2ClH/c1-20(21)11-4-3-8-18(20)19(24)23-12-9-15(10-13-23)22-16-6-5-7-17(14-16)25-2;;/h5-7,14-15,18,22H,3-4,8-13,21H2,1-2H3;2*1H. The predicted molar refractivity (Wildman–Crippen MR) is 115 cm³/mol. The van der Waals surface area contributed by atoms with E-state index in [0.29, 0.717) is 6.04 Å². The number of nitrogens with two attached hydrogens (primary N) is 1. The number of piperidine rings is 1. The van der Waals surface area contributed by atoms with Gasteiger partial charge in [-0.2, -0.15) is 0 Å². The van der Waals surface area contributed by atoms with Gasteiger partial charge in [-0.15, -0.1) is 24.8 Å². The van der Waals surface area contributed by atoms with Crippen LogP contribution < -0.4 is 15.8 Å². The maximum absolute atomic E-state index is 12.9. The normalized spacial score (nSPS) is 25.7. The van der Waals surface area contributed by atoms with Crippen LogP contribution in [0.15, 0.2) is 24.3 Å². The van der Waals surface area contributed by atoms with Crippen LogP contribution >= 0.6 is 24.8 Å². The summed E-state index contributed by atoms with van der Waals surface area (Å²) < 4.78 is 5.27. The fourth-order valence-corrected chi connectivity index (χ4v) is 4.18. The molecule has 1 saturated heterocycles. The molecule has 2 aliphatic rings. The Balaban J connectivity index is 0.00000182. The summed E-state index contributed by atoms with van der Waals surface area (Å²) in [6.45, 7) is 3.67. The highest BCUT2D eigenvalue weighted by atomic mass is 35.5. The Hall–Kier alpha value is -1.17. The number of hydrogen-bond donors (Lipinski definition) is 2. The molecular formula is C20H33Cl2N3O2. The quantitative estimate of drug-likeness (QED) is 0.780. The highest BCUT2D eigenvalue weighted by molar-refractivity contribution is 5.85. The predicted octanol–water partition coefficient (Wildman–Crippen LogP) is 3.85. The summed E-state index contributed by atoms with van der Waals surface area (Å²) >= 11 is 0. The Bertz CT molecular complexity index is 605. The van der Waals surface area contributed by atoms with Crippen molar-refractivity contribution in [1.82, 2.24) is 4.90 Å². The summed E-state index contributed by atoms with van der Waals surface area (Å²) in [6, 6.07) is 8.40. The van der Waals surface area contributed by atoms with E-state index in [2.05, 4.69) is 11.4 Å². The van der Waals surface area contributed by atoms with Crippen molar-refractivity contribution in [1.29, 1.82) is 0 Å². The second-order valence-corrected chi connectivity index (χ2v) is 7.78. The maximum Gasteiger partial charge on any atom is 0.227 e. The van der Waals surface area contributed by atoms with Crippen molar-refractivity contribution < 1.29 is 9.53 Å². The summed E-state index contributed by atoms with van der Waals surface area (Å²) in [7, 11) is 1.68. The van der Waals surface area contributed by atoms with Crippen molar-refractivity contribution in [2.24, 2.45) is 11.7 Å². The third-order valence-corrected chi connectivity index (χ3v) is 5.80. The molecule has 1 heterocycles. The average Bonchev–Trinajstić information content (AvgIpc) is 2.61. The van der Waals surface area contributed by atoms with Crippen molar-refractivity contribution in [3.05, 3.63) is 24.3 Å². The van der Waals surface area contributed by atoms with Crippen molar-refractivity contribution in [2.45, 2.75) is 57.0 Å². The van der Waals surface area contributed by atoms with Gasteiger partial charge in [0.25, 0.3) is 0 Å². The number of ether oxygens (including phenoxy) is 1. The van der Waals surface area contributed by atoms with E-state index >= 15 is 0 Å². The molecule has 1 aliphatic carbocycles. The number of methoxy groups -OCH3 is 1. The summed E-state index contributed by atoms with van der Waals surface area (Å²) in [5.41, 5.74) is 7.15. The molecular weight excluding hydrogens is 385 g/mol. The molecule has 1 saturated carbocycles. The SMILES string of the molecule is COc1cccc(NC2CCN(C(=O)C3CCCCC3(C)N)CC2)c1.Cl.Cl. The number of carbonyl (C=O) groups excluding carboxylic acids is 1. The van der Waals surface area contributed by atoms with Crippen molar-refractivity contribution in [3.8, 4) is 5.75 Å². The number of benzene rings is 1. The van der Waals surface area contributed by atoms with Gasteiger partial charge in [-0.25, -0.2) is 0 Å². The summed E-state index contributed by atoms with van der Waals surface area (Å²) in [5.74, 6) is 1.12. The van der Waals surface area contributed by atoms with Crippen LogP contribution in [0.25, 0.3) is 0 Å². The van der Waals surface area contributed by atoms with E-state index in [4.69, 9.17) is 10.5 Å². The van der Waals surface area contributed by atoms with E-state index in [-0.39, 0.29) is 42.2 Å². The molecule has 5 nitrogen and oxygen atoms in total. The molecule has 1 aliphatic heterocycles. The molecule has 1 aromatic carbocycles. The highest BCUT2D eigenvalue weighted by Crippen LogP contribution is 2.33. The molecule has 2 unspecified atom stereocenters. The molecule has 3 rings (SSSR count). The lowest BCUT2D eigenvalue weighted by Gasteiger charge is -2.42. The first-order valence-electron chi connectivity index (χ1n) is 9.48. The van der Waals surface area contributed by atoms with Gasteiger partial charge in [0.2, 0.25) is 5.91 Å². The Morgan fingerprint density at radius 3 is 2.56 bits per heavy atom. The van der Waals surface area contributed by atoms with Crippen LogP contribution in [-0.4, -0.2) is 42.6 Å². The summed E-state index contributed by atoms with van der Waals surface area (Å²) in [4.78, 5) is 15.0. The van der Waals surface area contributed by atoms with Crippen LogP contribution in [0, 0.1) is 5.92 Å². The van der Waals surface area contributed by atoms with Crippen molar-refractivity contribution >= 4 is 36.4 Å². The first-order chi connectivity index (χ1) is 12.0. The Morgan fingerprint density at radius 2 is 1.93 bits per heavy atom. The van der Waals surface area contributed by atoms with Crippen LogP contribution in [0.2, 0.25) is 0 Å². The first-order valence-corrected chi connectivity index (χ1v) is 9.48. The van der Waals surface area contributed by atoms with E-state index in [1.165, 1.54) is 0 Å². The second-order valence-electron chi connectivity index (χ2n) is 7.78. The molecule has 2 fully saturated rings. The number of carbonyl (C=O) groups is 1. The third kappa shape index (κ3) is 5.90. The van der Waals surface area contributed by atoms with Gasteiger partial charge in [-0.05, 0) is 44.7 Å². The minimum Gasteiger partial charge on any atom is -0.497 e. The number of nitrogens with zero attached hydrogens (tertiary/aromatic N) is 1. The number of likely N-dealkylation sites (tertiary alicyclic amines) is 1. The molecule has 0 spiro atoms. The van der Waals surface area contributed by atoms with Gasteiger partial charge in [0.1, 0.15) is 5.75 Å². The molecule has 0 radical (unpaired) electrons. The molecule has 2 atom stereocenters. The summed E-state index contributed by atoms with van der Waals surface area (Å²) in [6.07, 6.45) is 6.10. The van der Waals surface area contributed by atoms with Gasteiger partial charge >= 0.3 is 0 Å². The molecule has 1 aromatic rings. The molecule has 0 aromatic heterocycles. The minimum absolute atomic E-state index is 0.